The molecule has 1 N–H and O–H groups in total. The molecule has 0 bridgehead atoms. The van der Waals surface area contributed by atoms with Gasteiger partial charge in [-0.15, -0.1) is 0 Å². The molecule has 1 saturated heterocycles. The highest BCUT2D eigenvalue weighted by atomic mass is 32.2. The number of carbonyl (C=O) groups excluding carboxylic acids is 2. The van der Waals surface area contributed by atoms with Crippen LogP contribution in [-0.4, -0.2) is 37.7 Å². The second-order valence-corrected chi connectivity index (χ2v) is 8.81. The summed E-state index contributed by atoms with van der Waals surface area (Å²) in [6.45, 7) is 1.49. The van der Waals surface area contributed by atoms with Gasteiger partial charge in [-0.1, -0.05) is 24.3 Å². The molecule has 2 heterocycles. The zero-order chi connectivity index (χ0) is 20.3. The van der Waals surface area contributed by atoms with E-state index in [1.807, 2.05) is 6.07 Å². The van der Waals surface area contributed by atoms with Crippen LogP contribution in [-0.2, 0) is 14.6 Å². The topological polar surface area (TPSA) is 117 Å². The second kappa shape index (κ2) is 7.82. The number of nitrogens with zero attached hydrogens (tertiary/aromatic N) is 1. The summed E-state index contributed by atoms with van der Waals surface area (Å²) in [5.74, 6) is 0.103. The van der Waals surface area contributed by atoms with Gasteiger partial charge < -0.3 is 9.73 Å². The second-order valence-electron chi connectivity index (χ2n) is 6.58. The lowest BCUT2D eigenvalue weighted by Crippen LogP contribution is -2.36. The van der Waals surface area contributed by atoms with Crippen LogP contribution < -0.4 is 5.32 Å². The van der Waals surface area contributed by atoms with Crippen LogP contribution >= 0.6 is 0 Å². The minimum absolute atomic E-state index is 0.0330. The van der Waals surface area contributed by atoms with E-state index in [1.54, 1.807) is 36.4 Å². The molecule has 1 amide bonds. The molecule has 0 radical (unpaired) electrons. The number of hydrogen-bond donors (Lipinski definition) is 1. The first kappa shape index (κ1) is 19.6. The first-order valence-electron chi connectivity index (χ1n) is 8.62. The molecular formula is C20H18N2O5S. The van der Waals surface area contributed by atoms with Crippen molar-refractivity contribution in [1.29, 1.82) is 5.26 Å². The summed E-state index contributed by atoms with van der Waals surface area (Å²) in [7, 11) is -3.12. The van der Waals surface area contributed by atoms with E-state index in [9.17, 15) is 23.3 Å². The molecule has 8 heteroatoms. The minimum atomic E-state index is -3.12. The van der Waals surface area contributed by atoms with E-state index in [4.69, 9.17) is 4.42 Å². The van der Waals surface area contributed by atoms with Gasteiger partial charge in [0.15, 0.2) is 15.6 Å². The van der Waals surface area contributed by atoms with Crippen LogP contribution in [0.15, 0.2) is 46.4 Å². The van der Waals surface area contributed by atoms with E-state index in [2.05, 4.69) is 5.32 Å². The number of nitriles is 1. The summed E-state index contributed by atoms with van der Waals surface area (Å²) in [6, 6.07) is 11.5. The number of sulfone groups is 1. The van der Waals surface area contributed by atoms with Crippen LogP contribution in [0.4, 0.5) is 0 Å². The van der Waals surface area contributed by atoms with Crippen LogP contribution in [0, 0.1) is 11.3 Å². The Morgan fingerprint density at radius 1 is 1.21 bits per heavy atom. The number of hydrogen-bond acceptors (Lipinski definition) is 6. The summed E-state index contributed by atoms with van der Waals surface area (Å²) >= 11 is 0. The Bertz CT molecular complexity index is 1090. The number of nitrogens with one attached hydrogen (secondary N) is 1. The largest absolute Gasteiger partial charge is 0.457 e. The summed E-state index contributed by atoms with van der Waals surface area (Å²) in [6.07, 6.45) is 1.65. The van der Waals surface area contributed by atoms with E-state index in [-0.39, 0.29) is 22.9 Å². The van der Waals surface area contributed by atoms with Crippen LogP contribution in [0.1, 0.15) is 29.5 Å². The average Bonchev–Trinajstić information content (AvgIpc) is 3.25. The monoisotopic (exact) mass is 398 g/mol. The molecule has 0 unspecified atom stereocenters. The quantitative estimate of drug-likeness (QED) is 0.469. The number of rotatable bonds is 5. The fourth-order valence-electron chi connectivity index (χ4n) is 2.92. The van der Waals surface area contributed by atoms with Gasteiger partial charge in [-0.25, -0.2) is 8.42 Å². The molecule has 0 aliphatic carbocycles. The Morgan fingerprint density at radius 2 is 1.93 bits per heavy atom. The Labute approximate surface area is 162 Å². The van der Waals surface area contributed by atoms with Gasteiger partial charge in [-0.3, -0.25) is 9.59 Å². The van der Waals surface area contributed by atoms with Crippen LogP contribution in [0.3, 0.4) is 0 Å². The molecular weight excluding hydrogens is 380 g/mol. The highest BCUT2D eigenvalue weighted by molar-refractivity contribution is 7.91. The Balaban J connectivity index is 1.74. The van der Waals surface area contributed by atoms with E-state index in [0.717, 1.165) is 5.56 Å². The van der Waals surface area contributed by atoms with Gasteiger partial charge in [0.25, 0.3) is 5.91 Å². The number of furan rings is 1. The molecule has 144 valence electrons. The maximum Gasteiger partial charge on any atom is 0.262 e. The van der Waals surface area contributed by atoms with Crippen molar-refractivity contribution in [3.63, 3.8) is 0 Å². The molecule has 28 heavy (non-hydrogen) atoms. The van der Waals surface area contributed by atoms with Gasteiger partial charge in [0.1, 0.15) is 23.2 Å². The van der Waals surface area contributed by atoms with Crippen molar-refractivity contribution in [2.45, 2.75) is 19.4 Å². The predicted molar refractivity (Wildman–Crippen MR) is 103 cm³/mol. The summed E-state index contributed by atoms with van der Waals surface area (Å²) < 4.78 is 28.6. The molecule has 1 fully saturated rings. The van der Waals surface area contributed by atoms with Gasteiger partial charge in [-0.2, -0.15) is 5.26 Å². The van der Waals surface area contributed by atoms with Crippen molar-refractivity contribution in [3.05, 3.63) is 53.3 Å². The highest BCUT2D eigenvalue weighted by Gasteiger charge is 2.29. The molecule has 2 aromatic rings. The van der Waals surface area contributed by atoms with Crippen molar-refractivity contribution >= 4 is 27.6 Å². The van der Waals surface area contributed by atoms with Gasteiger partial charge in [0.05, 0.1) is 11.5 Å². The van der Waals surface area contributed by atoms with Crippen molar-refractivity contribution in [1.82, 2.24) is 5.32 Å². The zero-order valence-electron chi connectivity index (χ0n) is 15.1. The van der Waals surface area contributed by atoms with E-state index in [0.29, 0.717) is 23.5 Å². The summed E-state index contributed by atoms with van der Waals surface area (Å²) in [5.41, 5.74) is 1.17. The lowest BCUT2D eigenvalue weighted by molar-refractivity contribution is -0.117. The van der Waals surface area contributed by atoms with Gasteiger partial charge >= 0.3 is 0 Å². The Morgan fingerprint density at radius 3 is 2.50 bits per heavy atom. The number of amides is 1. The number of benzene rings is 1. The van der Waals surface area contributed by atoms with Crippen molar-refractivity contribution in [2.75, 3.05) is 11.5 Å². The molecule has 7 nitrogen and oxygen atoms in total. The first-order valence-corrected chi connectivity index (χ1v) is 10.4. The van der Waals surface area contributed by atoms with Crippen LogP contribution in [0.5, 0.6) is 0 Å². The van der Waals surface area contributed by atoms with E-state index in [1.165, 1.54) is 13.0 Å². The maximum absolute atomic E-state index is 12.3. The van der Waals surface area contributed by atoms with Crippen molar-refractivity contribution in [3.8, 4) is 17.4 Å². The minimum Gasteiger partial charge on any atom is -0.457 e. The first-order chi connectivity index (χ1) is 13.3. The third kappa shape index (κ3) is 4.56. The third-order valence-electron chi connectivity index (χ3n) is 4.42. The molecule has 3 rings (SSSR count). The smallest absolute Gasteiger partial charge is 0.262 e. The SMILES string of the molecule is CC(=O)c1ccc(-c2ccc(/C=C(\C#N)C(=O)N[C@@H]3CCS(=O)(=O)C3)o2)cc1. The third-order valence-corrected chi connectivity index (χ3v) is 6.19. The highest BCUT2D eigenvalue weighted by Crippen LogP contribution is 2.24. The van der Waals surface area contributed by atoms with Gasteiger partial charge in [0, 0.05) is 23.2 Å². The maximum atomic E-state index is 12.3. The molecule has 1 atom stereocenters. The summed E-state index contributed by atoms with van der Waals surface area (Å²) in [4.78, 5) is 23.6. The number of ketones is 1. The molecule has 1 aliphatic rings. The number of Topliss-reactive ketones (excluding diaryl/α,β-unsaturated/α-hetero) is 1. The van der Waals surface area contributed by atoms with Crippen molar-refractivity contribution < 1.29 is 22.4 Å². The van der Waals surface area contributed by atoms with Crippen LogP contribution in [0.2, 0.25) is 0 Å². The Hall–Kier alpha value is -3.18. The molecule has 1 aromatic carbocycles. The van der Waals surface area contributed by atoms with Gasteiger partial charge in [-0.05, 0) is 25.5 Å². The normalized spacial score (nSPS) is 18.4. The Kier molecular flexibility index (Phi) is 5.47. The van der Waals surface area contributed by atoms with Crippen LogP contribution in [0.25, 0.3) is 17.4 Å². The zero-order valence-corrected chi connectivity index (χ0v) is 16.0. The van der Waals surface area contributed by atoms with Crippen molar-refractivity contribution in [2.24, 2.45) is 0 Å². The van der Waals surface area contributed by atoms with Gasteiger partial charge in [0.2, 0.25) is 0 Å². The summed E-state index contributed by atoms with van der Waals surface area (Å²) in [5, 5.41) is 11.8. The number of carbonyl (C=O) groups is 2. The molecule has 1 aliphatic heterocycles. The standard InChI is InChI=1S/C20H18N2O5S/c1-13(23)14-2-4-15(5-3-14)19-7-6-18(27-19)10-16(11-21)20(24)22-17-8-9-28(25,26)12-17/h2-7,10,17H,8-9,12H2,1H3,(H,22,24)/b16-10+/t17-/m1/s1. The molecule has 1 aromatic heterocycles. The fraction of sp³-hybridized carbons (Fsp3) is 0.250. The lowest BCUT2D eigenvalue weighted by atomic mass is 10.1. The van der Waals surface area contributed by atoms with E-state index >= 15 is 0 Å². The van der Waals surface area contributed by atoms with E-state index < -0.39 is 21.8 Å². The average molecular weight is 398 g/mol. The lowest BCUT2D eigenvalue weighted by Gasteiger charge is -2.09. The molecule has 0 spiro atoms. The predicted octanol–water partition coefficient (Wildman–Crippen LogP) is 2.36. The fourth-order valence-corrected chi connectivity index (χ4v) is 4.59. The molecule has 0 saturated carbocycles.